The fraction of sp³-hybridized carbons (Fsp3) is 0.333. The molecule has 0 saturated heterocycles. The molecule has 0 spiro atoms. The third-order valence-corrected chi connectivity index (χ3v) is 7.93. The van der Waals surface area contributed by atoms with Crippen LogP contribution in [0.25, 0.3) is 0 Å². The van der Waals surface area contributed by atoms with Gasteiger partial charge in [0.05, 0.1) is 12.0 Å². The minimum Gasteiger partial charge on any atom is -0.327 e. The van der Waals surface area contributed by atoms with Crippen molar-refractivity contribution >= 4 is 28.8 Å². The number of nitrogens with one attached hydrogen (secondary N) is 1. The minimum atomic E-state index is -0.454. The Hall–Kier alpha value is -2.92. The number of thiophene rings is 1. The summed E-state index contributed by atoms with van der Waals surface area (Å²) in [5.41, 5.74) is 4.62. The number of anilines is 1. The van der Waals surface area contributed by atoms with Gasteiger partial charge in [-0.1, -0.05) is 43.2 Å². The quantitative estimate of drug-likeness (QED) is 0.519. The molecule has 1 aromatic heterocycles. The number of rotatable bonds is 4. The fourth-order valence-corrected chi connectivity index (χ4v) is 6.08. The zero-order valence-electron chi connectivity index (χ0n) is 18.5. The number of fused-ring (bicyclic) bond motifs is 1. The van der Waals surface area contributed by atoms with E-state index in [2.05, 4.69) is 25.2 Å². The molecule has 0 radical (unpaired) electrons. The highest BCUT2D eigenvalue weighted by molar-refractivity contribution is 7.10. The maximum Gasteiger partial charge on any atom is 0.254 e. The Balaban J connectivity index is 1.61. The van der Waals surface area contributed by atoms with Crippen LogP contribution in [0, 0.1) is 13.8 Å². The van der Waals surface area contributed by atoms with E-state index >= 15 is 0 Å². The van der Waals surface area contributed by atoms with Crippen LogP contribution in [0.1, 0.15) is 69.6 Å². The number of hydrogen-bond acceptors (Lipinski definition) is 3. The van der Waals surface area contributed by atoms with Gasteiger partial charge in [-0.2, -0.15) is 0 Å². The summed E-state index contributed by atoms with van der Waals surface area (Å²) in [4.78, 5) is 30.7. The van der Waals surface area contributed by atoms with Gasteiger partial charge in [-0.25, -0.2) is 0 Å². The van der Waals surface area contributed by atoms with E-state index in [9.17, 15) is 9.59 Å². The Labute approximate surface area is 193 Å². The van der Waals surface area contributed by atoms with Crippen molar-refractivity contribution in [2.45, 2.75) is 57.5 Å². The molecular formula is C27H28N2O2S. The maximum absolute atomic E-state index is 13.9. The van der Waals surface area contributed by atoms with E-state index in [4.69, 9.17) is 0 Å². The third-order valence-electron chi connectivity index (χ3n) is 6.99. The van der Waals surface area contributed by atoms with E-state index in [1.54, 1.807) is 11.3 Å². The lowest BCUT2D eigenvalue weighted by molar-refractivity contribution is -0.119. The lowest BCUT2D eigenvalue weighted by Crippen LogP contribution is -2.49. The van der Waals surface area contributed by atoms with Crippen LogP contribution < -0.4 is 5.32 Å². The molecule has 5 rings (SSSR count). The number of amides is 2. The lowest BCUT2D eigenvalue weighted by Gasteiger charge is -2.44. The molecule has 2 heterocycles. The molecule has 0 bridgehead atoms. The zero-order chi connectivity index (χ0) is 22.2. The molecule has 4 nitrogen and oxygen atoms in total. The summed E-state index contributed by atoms with van der Waals surface area (Å²) in [7, 11) is 0. The first-order chi connectivity index (χ1) is 15.5. The minimum absolute atomic E-state index is 0.0566. The highest BCUT2D eigenvalue weighted by atomic mass is 32.1. The fourth-order valence-electron chi connectivity index (χ4n) is 5.22. The van der Waals surface area contributed by atoms with Crippen LogP contribution in [0.3, 0.4) is 0 Å². The van der Waals surface area contributed by atoms with E-state index < -0.39 is 5.92 Å². The number of aryl methyl sites for hydroxylation is 2. The molecule has 2 unspecified atom stereocenters. The van der Waals surface area contributed by atoms with Gasteiger partial charge in [0.1, 0.15) is 0 Å². The van der Waals surface area contributed by atoms with E-state index in [1.807, 2.05) is 58.8 Å². The Morgan fingerprint density at radius 1 is 1.00 bits per heavy atom. The van der Waals surface area contributed by atoms with Crippen molar-refractivity contribution in [2.75, 3.05) is 5.32 Å². The molecule has 2 atom stereocenters. The van der Waals surface area contributed by atoms with E-state index in [0.717, 1.165) is 47.4 Å². The van der Waals surface area contributed by atoms with Gasteiger partial charge in [0.25, 0.3) is 5.91 Å². The van der Waals surface area contributed by atoms with Gasteiger partial charge >= 0.3 is 0 Å². The van der Waals surface area contributed by atoms with Gasteiger partial charge < -0.3 is 10.2 Å². The maximum atomic E-state index is 13.9. The largest absolute Gasteiger partial charge is 0.327 e. The summed E-state index contributed by atoms with van der Waals surface area (Å²) in [5.74, 6) is -0.458. The van der Waals surface area contributed by atoms with Gasteiger partial charge in [0, 0.05) is 22.2 Å². The molecule has 1 saturated carbocycles. The topological polar surface area (TPSA) is 49.4 Å². The number of carbonyl (C=O) groups excluding carboxylic acids is 2. The predicted octanol–water partition coefficient (Wildman–Crippen LogP) is 6.23. The van der Waals surface area contributed by atoms with Crippen molar-refractivity contribution in [2.24, 2.45) is 0 Å². The second-order valence-electron chi connectivity index (χ2n) is 8.96. The summed E-state index contributed by atoms with van der Waals surface area (Å²) in [6, 6.07) is 17.6. The zero-order valence-corrected chi connectivity index (χ0v) is 19.3. The average molecular weight is 445 g/mol. The third kappa shape index (κ3) is 3.65. The molecule has 2 aromatic carbocycles. The molecule has 5 heteroatoms. The Bertz CT molecular complexity index is 1150. The van der Waals surface area contributed by atoms with Gasteiger partial charge in [0.2, 0.25) is 5.91 Å². The Morgan fingerprint density at radius 3 is 2.50 bits per heavy atom. The molecule has 1 aliphatic carbocycles. The number of hydrogen-bond donors (Lipinski definition) is 1. The van der Waals surface area contributed by atoms with Crippen molar-refractivity contribution in [3.8, 4) is 0 Å². The van der Waals surface area contributed by atoms with E-state index in [0.29, 0.717) is 5.56 Å². The summed E-state index contributed by atoms with van der Waals surface area (Å²) >= 11 is 1.63. The molecule has 2 amide bonds. The average Bonchev–Trinajstić information content (AvgIpc) is 3.50. The van der Waals surface area contributed by atoms with Crippen molar-refractivity contribution in [1.82, 2.24) is 4.90 Å². The van der Waals surface area contributed by atoms with E-state index in [1.165, 1.54) is 5.56 Å². The molecule has 3 aromatic rings. The first-order valence-electron chi connectivity index (χ1n) is 11.4. The van der Waals surface area contributed by atoms with Gasteiger partial charge in [-0.3, -0.25) is 9.59 Å². The van der Waals surface area contributed by atoms with Gasteiger partial charge in [-0.15, -0.1) is 11.3 Å². The number of nitrogens with zero attached hydrogens (tertiary/aromatic N) is 1. The summed E-state index contributed by atoms with van der Waals surface area (Å²) < 4.78 is 0. The van der Waals surface area contributed by atoms with Crippen LogP contribution >= 0.6 is 11.3 Å². The first kappa shape index (κ1) is 21.0. The highest BCUT2D eigenvalue weighted by Gasteiger charge is 2.47. The second kappa shape index (κ2) is 8.55. The molecule has 1 N–H and O–H groups in total. The molecule has 2 aliphatic rings. The van der Waals surface area contributed by atoms with E-state index in [-0.39, 0.29) is 23.9 Å². The van der Waals surface area contributed by atoms with Gasteiger partial charge in [0.15, 0.2) is 0 Å². The van der Waals surface area contributed by atoms with Crippen LogP contribution in [-0.4, -0.2) is 22.8 Å². The molecule has 1 aliphatic heterocycles. The van der Waals surface area contributed by atoms with Crippen molar-refractivity contribution < 1.29 is 9.59 Å². The summed E-state index contributed by atoms with van der Waals surface area (Å²) in [6.45, 7) is 4.12. The summed E-state index contributed by atoms with van der Waals surface area (Å²) in [6.07, 6.45) is 4.27. The van der Waals surface area contributed by atoms with Crippen molar-refractivity contribution in [3.05, 3.63) is 87.1 Å². The first-order valence-corrected chi connectivity index (χ1v) is 12.3. The van der Waals surface area contributed by atoms with Crippen molar-refractivity contribution in [3.63, 3.8) is 0 Å². The monoisotopic (exact) mass is 444 g/mol. The normalized spacial score (nSPS) is 20.9. The highest BCUT2D eigenvalue weighted by Crippen LogP contribution is 2.47. The van der Waals surface area contributed by atoms with Crippen molar-refractivity contribution in [1.29, 1.82) is 0 Å². The lowest BCUT2D eigenvalue weighted by atomic mass is 9.80. The molecule has 164 valence electrons. The Kier molecular flexibility index (Phi) is 5.60. The molecule has 32 heavy (non-hydrogen) atoms. The molecule has 1 fully saturated rings. The predicted molar refractivity (Wildman–Crippen MR) is 129 cm³/mol. The van der Waals surface area contributed by atoms with Crippen LogP contribution in [-0.2, 0) is 4.79 Å². The van der Waals surface area contributed by atoms with Crippen LogP contribution in [0.4, 0.5) is 5.69 Å². The summed E-state index contributed by atoms with van der Waals surface area (Å²) in [5, 5.41) is 5.20. The SMILES string of the molecule is Cc1ccc(NC(=O)C2c3ccccc3C(=O)N(C3CCCC3)C2c2cccs2)cc1C. The van der Waals surface area contributed by atoms with Crippen LogP contribution in [0.2, 0.25) is 0 Å². The Morgan fingerprint density at radius 2 is 1.78 bits per heavy atom. The standard InChI is InChI=1S/C27H28N2O2S/c1-17-13-14-19(16-18(17)2)28-26(30)24-21-10-5-6-11-22(21)27(31)29(20-8-3-4-9-20)25(24)23-12-7-15-32-23/h5-7,10-16,20,24-25H,3-4,8-9H2,1-2H3,(H,28,30). The van der Waals surface area contributed by atoms with Crippen LogP contribution in [0.15, 0.2) is 60.0 Å². The molecular weight excluding hydrogens is 416 g/mol. The smallest absolute Gasteiger partial charge is 0.254 e. The number of carbonyl (C=O) groups is 2. The number of benzene rings is 2. The van der Waals surface area contributed by atoms with Crippen LogP contribution in [0.5, 0.6) is 0 Å². The van der Waals surface area contributed by atoms with Gasteiger partial charge in [-0.05, 0) is 73.0 Å². The second-order valence-corrected chi connectivity index (χ2v) is 9.94.